The van der Waals surface area contributed by atoms with E-state index in [9.17, 15) is 27.6 Å². The minimum absolute atomic E-state index is 0.234. The predicted molar refractivity (Wildman–Crippen MR) is 102 cm³/mol. The lowest BCUT2D eigenvalue weighted by Gasteiger charge is -2.29. The summed E-state index contributed by atoms with van der Waals surface area (Å²) in [5, 5.41) is 8.96. The van der Waals surface area contributed by atoms with Gasteiger partial charge in [0.2, 0.25) is 0 Å². The molecule has 1 aliphatic heterocycles. The van der Waals surface area contributed by atoms with Crippen molar-refractivity contribution in [3.05, 3.63) is 59.2 Å². The summed E-state index contributed by atoms with van der Waals surface area (Å²) < 4.78 is 44.9. The summed E-state index contributed by atoms with van der Waals surface area (Å²) in [6.45, 7) is 2.69. The van der Waals surface area contributed by atoms with Gasteiger partial charge in [-0.15, -0.1) is 0 Å². The molecule has 1 aliphatic rings. The standard InChI is InChI=1S/C21H16F3N3O4/c1-12(28)31-16-8-5-14(6-9-16)20(2)18(29)27(19(30)26(20)3)15-7-4-13(11-25)17(10-15)21(22,23)24/h4-10H,1-3H3. The van der Waals surface area contributed by atoms with Crippen molar-refractivity contribution in [2.24, 2.45) is 0 Å². The Morgan fingerprint density at radius 2 is 1.74 bits per heavy atom. The van der Waals surface area contributed by atoms with Gasteiger partial charge in [-0.3, -0.25) is 9.59 Å². The number of hydrogen-bond donors (Lipinski definition) is 0. The van der Waals surface area contributed by atoms with E-state index in [2.05, 4.69) is 0 Å². The number of likely N-dealkylation sites (N-methyl/N-ethyl adjacent to an activating group) is 1. The number of hydrogen-bond acceptors (Lipinski definition) is 5. The topological polar surface area (TPSA) is 90.7 Å². The van der Waals surface area contributed by atoms with Gasteiger partial charge in [0.15, 0.2) is 0 Å². The van der Waals surface area contributed by atoms with Gasteiger partial charge in [0.05, 0.1) is 22.9 Å². The van der Waals surface area contributed by atoms with Crippen molar-refractivity contribution >= 4 is 23.6 Å². The van der Waals surface area contributed by atoms with Gasteiger partial charge in [-0.1, -0.05) is 12.1 Å². The van der Waals surface area contributed by atoms with Gasteiger partial charge in [0.1, 0.15) is 11.3 Å². The van der Waals surface area contributed by atoms with E-state index in [1.807, 2.05) is 0 Å². The van der Waals surface area contributed by atoms with Crippen molar-refractivity contribution in [3.8, 4) is 11.8 Å². The Bertz CT molecular complexity index is 1120. The summed E-state index contributed by atoms with van der Waals surface area (Å²) in [6.07, 6.45) is -4.84. The molecule has 0 bridgehead atoms. The van der Waals surface area contributed by atoms with E-state index in [1.165, 1.54) is 51.2 Å². The minimum Gasteiger partial charge on any atom is -0.427 e. The fourth-order valence-corrected chi connectivity index (χ4v) is 3.35. The van der Waals surface area contributed by atoms with Crippen molar-refractivity contribution in [3.63, 3.8) is 0 Å². The van der Waals surface area contributed by atoms with Gasteiger partial charge in [-0.25, -0.2) is 9.69 Å². The molecule has 0 N–H and O–H groups in total. The maximum Gasteiger partial charge on any atom is 0.417 e. The molecule has 2 aromatic rings. The molecule has 10 heteroatoms. The first-order valence-electron chi connectivity index (χ1n) is 8.94. The lowest BCUT2D eigenvalue weighted by molar-refractivity contribution is -0.138. The van der Waals surface area contributed by atoms with Gasteiger partial charge >= 0.3 is 18.2 Å². The summed E-state index contributed by atoms with van der Waals surface area (Å²) in [4.78, 5) is 38.9. The highest BCUT2D eigenvalue weighted by Crippen LogP contribution is 2.41. The number of alkyl halides is 3. The number of esters is 1. The summed E-state index contributed by atoms with van der Waals surface area (Å²) in [7, 11) is 1.36. The number of urea groups is 1. The molecule has 1 fully saturated rings. The van der Waals surface area contributed by atoms with E-state index in [0.717, 1.165) is 17.0 Å². The first-order chi connectivity index (χ1) is 14.4. The van der Waals surface area contributed by atoms with E-state index < -0.39 is 40.7 Å². The Labute approximate surface area is 175 Å². The normalized spacial score (nSPS) is 18.9. The lowest BCUT2D eigenvalue weighted by atomic mass is 9.90. The van der Waals surface area contributed by atoms with Crippen LogP contribution >= 0.6 is 0 Å². The molecule has 0 radical (unpaired) electrons. The monoisotopic (exact) mass is 431 g/mol. The number of rotatable bonds is 3. The molecule has 1 heterocycles. The molecule has 7 nitrogen and oxygen atoms in total. The van der Waals surface area contributed by atoms with E-state index in [-0.39, 0.29) is 11.4 Å². The van der Waals surface area contributed by atoms with Gasteiger partial charge in [0.25, 0.3) is 5.91 Å². The Morgan fingerprint density at radius 3 is 2.26 bits per heavy atom. The van der Waals surface area contributed by atoms with Crippen LogP contribution in [0.25, 0.3) is 0 Å². The van der Waals surface area contributed by atoms with Crippen molar-refractivity contribution in [2.45, 2.75) is 25.6 Å². The van der Waals surface area contributed by atoms with E-state index >= 15 is 0 Å². The van der Waals surface area contributed by atoms with E-state index in [1.54, 1.807) is 0 Å². The van der Waals surface area contributed by atoms with Crippen molar-refractivity contribution in [1.29, 1.82) is 5.26 Å². The van der Waals surface area contributed by atoms with Crippen LogP contribution in [0.4, 0.5) is 23.7 Å². The van der Waals surface area contributed by atoms with Crippen LogP contribution in [-0.4, -0.2) is 29.9 Å². The fraction of sp³-hybridized carbons (Fsp3) is 0.238. The molecule has 3 amide bonds. The molecule has 0 aromatic heterocycles. The van der Waals surface area contributed by atoms with Gasteiger partial charge in [-0.2, -0.15) is 18.4 Å². The smallest absolute Gasteiger partial charge is 0.417 e. The van der Waals surface area contributed by atoms with E-state index in [4.69, 9.17) is 10.00 Å². The Hall–Kier alpha value is -3.87. The number of nitrogens with zero attached hydrogens (tertiary/aromatic N) is 3. The molecule has 0 saturated carbocycles. The van der Waals surface area contributed by atoms with Gasteiger partial charge < -0.3 is 9.64 Å². The van der Waals surface area contributed by atoms with Crippen LogP contribution in [0.2, 0.25) is 0 Å². The van der Waals surface area contributed by atoms with Crippen LogP contribution in [0.5, 0.6) is 5.75 Å². The third-order valence-corrected chi connectivity index (χ3v) is 5.13. The zero-order valence-electron chi connectivity index (χ0n) is 16.6. The second-order valence-electron chi connectivity index (χ2n) is 7.01. The molecule has 0 spiro atoms. The van der Waals surface area contributed by atoms with Crippen LogP contribution in [0.3, 0.4) is 0 Å². The van der Waals surface area contributed by atoms with Gasteiger partial charge in [-0.05, 0) is 42.8 Å². The number of carbonyl (C=O) groups is 3. The number of imide groups is 1. The zero-order valence-corrected chi connectivity index (χ0v) is 16.6. The molecular weight excluding hydrogens is 415 g/mol. The highest BCUT2D eigenvalue weighted by atomic mass is 19.4. The zero-order chi connectivity index (χ0) is 23.1. The van der Waals surface area contributed by atoms with Crippen molar-refractivity contribution < 1.29 is 32.3 Å². The Kier molecular flexibility index (Phi) is 5.23. The van der Waals surface area contributed by atoms with Crippen molar-refractivity contribution in [1.82, 2.24) is 4.90 Å². The molecule has 1 unspecified atom stereocenters. The van der Waals surface area contributed by atoms with Crippen LogP contribution in [0, 0.1) is 11.3 Å². The molecule has 0 aliphatic carbocycles. The lowest BCUT2D eigenvalue weighted by Crippen LogP contribution is -2.42. The predicted octanol–water partition coefficient (Wildman–Crippen LogP) is 3.82. The summed E-state index contributed by atoms with van der Waals surface area (Å²) in [5.41, 5.74) is -3.30. The number of ether oxygens (including phenoxy) is 1. The molecule has 160 valence electrons. The largest absolute Gasteiger partial charge is 0.427 e. The molecule has 2 aromatic carbocycles. The van der Waals surface area contributed by atoms with Crippen LogP contribution in [0.1, 0.15) is 30.5 Å². The quantitative estimate of drug-likeness (QED) is 0.419. The number of halogens is 3. The summed E-state index contributed by atoms with van der Waals surface area (Å²) in [6, 6.07) is 9.15. The highest BCUT2D eigenvalue weighted by molar-refractivity contribution is 6.23. The first-order valence-corrected chi connectivity index (χ1v) is 8.94. The van der Waals surface area contributed by atoms with Crippen molar-refractivity contribution in [2.75, 3.05) is 11.9 Å². The number of benzene rings is 2. The third-order valence-electron chi connectivity index (χ3n) is 5.13. The molecule has 1 atom stereocenters. The maximum absolute atomic E-state index is 13.3. The second-order valence-corrected chi connectivity index (χ2v) is 7.01. The van der Waals surface area contributed by atoms with E-state index in [0.29, 0.717) is 16.5 Å². The van der Waals surface area contributed by atoms with Crippen LogP contribution in [0.15, 0.2) is 42.5 Å². The molecular formula is C21H16F3N3O4. The van der Waals surface area contributed by atoms with Crippen LogP contribution in [-0.2, 0) is 21.3 Å². The SMILES string of the molecule is CC(=O)Oc1ccc(C2(C)C(=O)N(c3ccc(C#N)c(C(F)(F)F)c3)C(=O)N2C)cc1. The summed E-state index contributed by atoms with van der Waals surface area (Å²) >= 11 is 0. The number of anilines is 1. The van der Waals surface area contributed by atoms with Gasteiger partial charge in [0, 0.05) is 14.0 Å². The molecule has 1 saturated heterocycles. The number of amides is 3. The molecule has 3 rings (SSSR count). The number of nitriles is 1. The van der Waals surface area contributed by atoms with Crippen LogP contribution < -0.4 is 9.64 Å². The minimum atomic E-state index is -4.84. The molecule has 31 heavy (non-hydrogen) atoms. The average Bonchev–Trinajstić information content (AvgIpc) is 2.88. The summed E-state index contributed by atoms with van der Waals surface area (Å²) in [5.74, 6) is -1.06. The fourth-order valence-electron chi connectivity index (χ4n) is 3.35. The second kappa shape index (κ2) is 7.43. The third kappa shape index (κ3) is 3.59. The Morgan fingerprint density at radius 1 is 1.13 bits per heavy atom. The highest BCUT2D eigenvalue weighted by Gasteiger charge is 2.54. The average molecular weight is 431 g/mol. The number of carbonyl (C=O) groups excluding carboxylic acids is 3. The maximum atomic E-state index is 13.3. The first kappa shape index (κ1) is 21.8. The Balaban J connectivity index is 2.05.